The number of ether oxygens (including phenoxy) is 1. The molecule has 1 aliphatic heterocycles. The number of hydrogen-bond donors (Lipinski definition) is 1. The Kier molecular flexibility index (Phi) is 8.64. The van der Waals surface area contributed by atoms with Gasteiger partial charge in [-0.1, -0.05) is 13.3 Å². The van der Waals surface area contributed by atoms with Gasteiger partial charge in [0.1, 0.15) is 0 Å². The molecule has 108 valence electrons. The SMILES string of the molecule is CCNC(C)CCCCN1CCC(OCC)CC1. The van der Waals surface area contributed by atoms with E-state index in [4.69, 9.17) is 4.74 Å². The molecule has 0 aromatic heterocycles. The minimum atomic E-state index is 0.528. The number of hydrogen-bond acceptors (Lipinski definition) is 3. The minimum absolute atomic E-state index is 0.528. The highest BCUT2D eigenvalue weighted by Gasteiger charge is 2.18. The van der Waals surface area contributed by atoms with Crippen molar-refractivity contribution in [2.75, 3.05) is 32.8 Å². The third-order valence-corrected chi connectivity index (χ3v) is 3.85. The smallest absolute Gasteiger partial charge is 0.0599 e. The third-order valence-electron chi connectivity index (χ3n) is 3.85. The molecule has 0 spiro atoms. The lowest BCUT2D eigenvalue weighted by Crippen LogP contribution is -2.37. The van der Waals surface area contributed by atoms with Crippen LogP contribution in [0.3, 0.4) is 0 Å². The lowest BCUT2D eigenvalue weighted by molar-refractivity contribution is 0.0140. The van der Waals surface area contributed by atoms with E-state index in [9.17, 15) is 0 Å². The van der Waals surface area contributed by atoms with Crippen LogP contribution in [-0.2, 0) is 4.74 Å². The van der Waals surface area contributed by atoms with Gasteiger partial charge in [0, 0.05) is 25.7 Å². The monoisotopic (exact) mass is 256 g/mol. The van der Waals surface area contributed by atoms with Gasteiger partial charge in [0.25, 0.3) is 0 Å². The highest BCUT2D eigenvalue weighted by molar-refractivity contribution is 4.72. The van der Waals surface area contributed by atoms with Crippen molar-refractivity contribution in [3.05, 3.63) is 0 Å². The van der Waals surface area contributed by atoms with E-state index in [-0.39, 0.29) is 0 Å². The molecule has 0 saturated carbocycles. The van der Waals surface area contributed by atoms with Crippen LogP contribution in [0.2, 0.25) is 0 Å². The fourth-order valence-corrected chi connectivity index (χ4v) is 2.77. The van der Waals surface area contributed by atoms with Crippen LogP contribution in [0.4, 0.5) is 0 Å². The van der Waals surface area contributed by atoms with Gasteiger partial charge in [-0.15, -0.1) is 0 Å². The van der Waals surface area contributed by atoms with Crippen LogP contribution in [0.25, 0.3) is 0 Å². The van der Waals surface area contributed by atoms with Crippen molar-refractivity contribution in [3.63, 3.8) is 0 Å². The van der Waals surface area contributed by atoms with Crippen molar-refractivity contribution >= 4 is 0 Å². The molecule has 1 rings (SSSR count). The van der Waals surface area contributed by atoms with E-state index < -0.39 is 0 Å². The van der Waals surface area contributed by atoms with E-state index in [0.29, 0.717) is 12.1 Å². The van der Waals surface area contributed by atoms with Gasteiger partial charge in [-0.25, -0.2) is 0 Å². The summed E-state index contributed by atoms with van der Waals surface area (Å²) in [7, 11) is 0. The predicted octanol–water partition coefficient (Wildman–Crippen LogP) is 2.66. The molecule has 0 amide bonds. The van der Waals surface area contributed by atoms with E-state index in [2.05, 4.69) is 31.0 Å². The summed E-state index contributed by atoms with van der Waals surface area (Å²) in [5.41, 5.74) is 0. The van der Waals surface area contributed by atoms with Gasteiger partial charge in [-0.2, -0.15) is 0 Å². The fraction of sp³-hybridized carbons (Fsp3) is 1.00. The summed E-state index contributed by atoms with van der Waals surface area (Å²) in [5, 5.41) is 3.47. The number of unbranched alkanes of at least 4 members (excludes halogenated alkanes) is 1. The second-order valence-corrected chi connectivity index (χ2v) is 5.45. The maximum Gasteiger partial charge on any atom is 0.0599 e. The van der Waals surface area contributed by atoms with Gasteiger partial charge >= 0.3 is 0 Å². The Morgan fingerprint density at radius 2 is 1.94 bits per heavy atom. The standard InChI is InChI=1S/C15H32N2O/c1-4-16-14(3)8-6-7-11-17-12-9-15(10-13-17)18-5-2/h14-16H,4-13H2,1-3H3. The molecular weight excluding hydrogens is 224 g/mol. The summed E-state index contributed by atoms with van der Waals surface area (Å²) in [6.45, 7) is 12.3. The van der Waals surface area contributed by atoms with E-state index in [1.54, 1.807) is 0 Å². The molecule has 3 nitrogen and oxygen atoms in total. The maximum atomic E-state index is 5.68. The van der Waals surface area contributed by atoms with E-state index in [1.807, 2.05) is 0 Å². The van der Waals surface area contributed by atoms with Gasteiger partial charge < -0.3 is 15.0 Å². The molecular formula is C15H32N2O. The van der Waals surface area contributed by atoms with Crippen molar-refractivity contribution < 1.29 is 4.74 Å². The number of nitrogens with zero attached hydrogens (tertiary/aromatic N) is 1. The lowest BCUT2D eigenvalue weighted by Gasteiger charge is -2.31. The number of nitrogens with one attached hydrogen (secondary N) is 1. The van der Waals surface area contributed by atoms with Crippen LogP contribution in [-0.4, -0.2) is 49.8 Å². The first-order valence-electron chi connectivity index (χ1n) is 7.83. The number of rotatable bonds is 9. The molecule has 1 atom stereocenters. The van der Waals surface area contributed by atoms with Gasteiger partial charge in [-0.3, -0.25) is 0 Å². The van der Waals surface area contributed by atoms with Gasteiger partial charge in [0.05, 0.1) is 6.10 Å². The summed E-state index contributed by atoms with van der Waals surface area (Å²) in [4.78, 5) is 2.60. The largest absolute Gasteiger partial charge is 0.378 e. The topological polar surface area (TPSA) is 24.5 Å². The van der Waals surface area contributed by atoms with E-state index >= 15 is 0 Å². The van der Waals surface area contributed by atoms with E-state index in [0.717, 1.165) is 13.2 Å². The van der Waals surface area contributed by atoms with Crippen LogP contribution in [0.1, 0.15) is 52.9 Å². The average molecular weight is 256 g/mol. The summed E-state index contributed by atoms with van der Waals surface area (Å²) in [5.74, 6) is 0. The number of likely N-dealkylation sites (tertiary alicyclic amines) is 1. The normalized spacial score (nSPS) is 20.2. The highest BCUT2D eigenvalue weighted by atomic mass is 16.5. The Balaban J connectivity index is 1.97. The lowest BCUT2D eigenvalue weighted by atomic mass is 10.1. The van der Waals surface area contributed by atoms with Crippen LogP contribution >= 0.6 is 0 Å². The molecule has 3 heteroatoms. The van der Waals surface area contributed by atoms with Gasteiger partial charge in [0.2, 0.25) is 0 Å². The van der Waals surface area contributed by atoms with E-state index in [1.165, 1.54) is 51.7 Å². The van der Waals surface area contributed by atoms with Gasteiger partial charge in [-0.05, 0) is 52.6 Å². The fourth-order valence-electron chi connectivity index (χ4n) is 2.77. The number of piperidine rings is 1. The van der Waals surface area contributed by atoms with Crippen molar-refractivity contribution in [2.24, 2.45) is 0 Å². The summed E-state index contributed by atoms with van der Waals surface area (Å²) >= 11 is 0. The molecule has 0 bridgehead atoms. The second-order valence-electron chi connectivity index (χ2n) is 5.45. The molecule has 0 aromatic rings. The predicted molar refractivity (Wildman–Crippen MR) is 78.1 cm³/mol. The zero-order valence-corrected chi connectivity index (χ0v) is 12.6. The molecule has 18 heavy (non-hydrogen) atoms. The zero-order chi connectivity index (χ0) is 13.2. The Bertz CT molecular complexity index is 191. The minimum Gasteiger partial charge on any atom is -0.378 e. The maximum absolute atomic E-state index is 5.68. The molecule has 0 aliphatic carbocycles. The molecule has 0 radical (unpaired) electrons. The van der Waals surface area contributed by atoms with Crippen molar-refractivity contribution in [1.82, 2.24) is 10.2 Å². The first kappa shape index (κ1) is 15.9. The van der Waals surface area contributed by atoms with Crippen molar-refractivity contribution in [1.29, 1.82) is 0 Å². The Labute approximate surface area is 113 Å². The Hall–Kier alpha value is -0.120. The Morgan fingerprint density at radius 3 is 2.56 bits per heavy atom. The zero-order valence-electron chi connectivity index (χ0n) is 12.6. The average Bonchev–Trinajstić information content (AvgIpc) is 2.37. The highest BCUT2D eigenvalue weighted by Crippen LogP contribution is 2.14. The van der Waals surface area contributed by atoms with Crippen molar-refractivity contribution in [3.8, 4) is 0 Å². The molecule has 0 aromatic carbocycles. The first-order chi connectivity index (χ1) is 8.76. The van der Waals surface area contributed by atoms with Crippen LogP contribution in [0.15, 0.2) is 0 Å². The second kappa shape index (κ2) is 9.76. The molecule has 1 fully saturated rings. The van der Waals surface area contributed by atoms with Crippen LogP contribution in [0, 0.1) is 0 Å². The van der Waals surface area contributed by atoms with Crippen LogP contribution < -0.4 is 5.32 Å². The molecule has 1 saturated heterocycles. The summed E-state index contributed by atoms with van der Waals surface area (Å²) < 4.78 is 5.68. The third kappa shape index (κ3) is 6.72. The molecule has 1 unspecified atom stereocenters. The molecule has 1 heterocycles. The summed E-state index contributed by atoms with van der Waals surface area (Å²) in [6.07, 6.45) is 6.97. The quantitative estimate of drug-likeness (QED) is 0.642. The van der Waals surface area contributed by atoms with Gasteiger partial charge in [0.15, 0.2) is 0 Å². The van der Waals surface area contributed by atoms with Crippen molar-refractivity contribution in [2.45, 2.75) is 65.0 Å². The molecule has 1 N–H and O–H groups in total. The summed E-state index contributed by atoms with van der Waals surface area (Å²) in [6, 6.07) is 0.679. The van der Waals surface area contributed by atoms with Crippen LogP contribution in [0.5, 0.6) is 0 Å². The first-order valence-corrected chi connectivity index (χ1v) is 7.83. The molecule has 1 aliphatic rings. The Morgan fingerprint density at radius 1 is 1.22 bits per heavy atom.